The lowest BCUT2D eigenvalue weighted by atomic mass is 10.0. The second-order valence-corrected chi connectivity index (χ2v) is 7.93. The minimum Gasteiger partial charge on any atom is -0.160 e. The molecule has 0 bridgehead atoms. The molecule has 0 aromatic heterocycles. The minimum atomic E-state index is 0.471. The second-order valence-electron chi connectivity index (χ2n) is 4.22. The van der Waals surface area contributed by atoms with Crippen LogP contribution < -0.4 is 0 Å². The molecule has 72 valence electrons. The maximum atomic E-state index is 2.34. The van der Waals surface area contributed by atoms with Crippen LogP contribution in [0.25, 0.3) is 0 Å². The van der Waals surface area contributed by atoms with Crippen LogP contribution in [0.2, 0.25) is 0 Å². The molecule has 1 aliphatic heterocycles. The van der Waals surface area contributed by atoms with Gasteiger partial charge >= 0.3 is 0 Å². The Hall–Kier alpha value is 1.05. The summed E-state index contributed by atoms with van der Waals surface area (Å²) >= 11 is 6.31. The van der Waals surface area contributed by atoms with Crippen LogP contribution >= 0.6 is 35.3 Å². The summed E-state index contributed by atoms with van der Waals surface area (Å²) in [4.78, 5) is 0. The highest BCUT2D eigenvalue weighted by Crippen LogP contribution is 2.44. The first-order chi connectivity index (χ1) is 5.54. The van der Waals surface area contributed by atoms with Crippen molar-refractivity contribution in [2.24, 2.45) is 5.41 Å². The Labute approximate surface area is 89.0 Å². The van der Waals surface area contributed by atoms with Crippen molar-refractivity contribution < 1.29 is 0 Å². The molecule has 1 heterocycles. The van der Waals surface area contributed by atoms with E-state index in [9.17, 15) is 0 Å². The van der Waals surface area contributed by atoms with Gasteiger partial charge in [-0.3, -0.25) is 0 Å². The first-order valence-electron chi connectivity index (χ1n) is 4.30. The van der Waals surface area contributed by atoms with Gasteiger partial charge in [-0.1, -0.05) is 20.8 Å². The lowest BCUT2D eigenvalue weighted by Gasteiger charge is -2.35. The predicted octanol–water partition coefficient (Wildman–Crippen LogP) is 3.57. The van der Waals surface area contributed by atoms with E-state index in [0.717, 1.165) is 9.83 Å². The van der Waals surface area contributed by atoms with E-state index in [0.29, 0.717) is 5.41 Å². The topological polar surface area (TPSA) is 0 Å². The summed E-state index contributed by atoms with van der Waals surface area (Å²) in [5, 5.41) is 0.888. The van der Waals surface area contributed by atoms with Gasteiger partial charge in [-0.25, -0.2) is 0 Å². The van der Waals surface area contributed by atoms with Gasteiger partial charge in [0.2, 0.25) is 0 Å². The molecule has 0 aromatic rings. The maximum absolute atomic E-state index is 2.34. The van der Waals surface area contributed by atoms with E-state index in [1.165, 1.54) is 11.5 Å². The lowest BCUT2D eigenvalue weighted by Crippen LogP contribution is -2.28. The van der Waals surface area contributed by atoms with Crippen molar-refractivity contribution in [1.29, 1.82) is 0 Å². The summed E-state index contributed by atoms with van der Waals surface area (Å²) in [6.45, 7) is 7.03. The normalized spacial score (nSPS) is 32.0. The van der Waals surface area contributed by atoms with Crippen molar-refractivity contribution in [1.82, 2.24) is 0 Å². The highest BCUT2D eigenvalue weighted by molar-refractivity contribution is 8.18. The van der Waals surface area contributed by atoms with E-state index < -0.39 is 0 Å². The van der Waals surface area contributed by atoms with Crippen LogP contribution in [0.4, 0.5) is 0 Å². The summed E-state index contributed by atoms with van der Waals surface area (Å²) in [6.07, 6.45) is 2.23. The molecule has 12 heavy (non-hydrogen) atoms. The molecule has 1 rings (SSSR count). The van der Waals surface area contributed by atoms with Gasteiger partial charge in [0.25, 0.3) is 0 Å². The van der Waals surface area contributed by atoms with Gasteiger partial charge in [0.05, 0.1) is 4.58 Å². The molecule has 1 aliphatic rings. The zero-order valence-electron chi connectivity index (χ0n) is 8.29. The summed E-state index contributed by atoms with van der Waals surface area (Å²) < 4.78 is 0.806. The van der Waals surface area contributed by atoms with Crippen LogP contribution in [-0.4, -0.2) is 27.6 Å². The SMILES string of the molecule is CSC1CSC(C(C)(C)C)SC1. The largest absolute Gasteiger partial charge is 0.160 e. The van der Waals surface area contributed by atoms with E-state index in [-0.39, 0.29) is 0 Å². The van der Waals surface area contributed by atoms with Crippen LogP contribution in [0.15, 0.2) is 0 Å². The molecule has 0 spiro atoms. The Morgan fingerprint density at radius 1 is 1.17 bits per heavy atom. The molecule has 3 heteroatoms. The fourth-order valence-electron chi connectivity index (χ4n) is 1.12. The third-order valence-electron chi connectivity index (χ3n) is 1.91. The van der Waals surface area contributed by atoms with Gasteiger partial charge in [-0.15, -0.1) is 23.5 Å². The average molecular weight is 222 g/mol. The number of thioether (sulfide) groups is 3. The Bertz CT molecular complexity index is 131. The zero-order valence-corrected chi connectivity index (χ0v) is 10.7. The van der Waals surface area contributed by atoms with Crippen LogP contribution in [-0.2, 0) is 0 Å². The number of rotatable bonds is 1. The van der Waals surface area contributed by atoms with Crippen molar-refractivity contribution in [3.63, 3.8) is 0 Å². The lowest BCUT2D eigenvalue weighted by molar-refractivity contribution is 0.458. The molecule has 0 saturated carbocycles. The Morgan fingerprint density at radius 2 is 1.67 bits per heavy atom. The van der Waals surface area contributed by atoms with Crippen LogP contribution in [0, 0.1) is 5.41 Å². The molecule has 0 atom stereocenters. The molecule has 0 aliphatic carbocycles. The zero-order chi connectivity index (χ0) is 9.19. The van der Waals surface area contributed by atoms with Gasteiger partial charge in [-0.05, 0) is 11.7 Å². The fraction of sp³-hybridized carbons (Fsp3) is 1.00. The van der Waals surface area contributed by atoms with Crippen LogP contribution in [0.3, 0.4) is 0 Å². The molecular formula is C9H18S3. The average Bonchev–Trinajstić information content (AvgIpc) is 2.03. The predicted molar refractivity (Wildman–Crippen MR) is 65.5 cm³/mol. The van der Waals surface area contributed by atoms with E-state index in [4.69, 9.17) is 0 Å². The van der Waals surface area contributed by atoms with Crippen molar-refractivity contribution in [3.8, 4) is 0 Å². The molecule has 0 amide bonds. The molecular weight excluding hydrogens is 204 g/mol. The molecule has 1 saturated heterocycles. The highest BCUT2D eigenvalue weighted by atomic mass is 32.2. The first-order valence-corrected chi connectivity index (χ1v) is 7.68. The number of hydrogen-bond donors (Lipinski definition) is 0. The van der Waals surface area contributed by atoms with E-state index in [2.05, 4.69) is 50.6 Å². The van der Waals surface area contributed by atoms with Gasteiger partial charge in [0, 0.05) is 16.8 Å². The fourth-order valence-corrected chi connectivity index (χ4v) is 5.70. The van der Waals surface area contributed by atoms with Crippen molar-refractivity contribution in [2.75, 3.05) is 17.8 Å². The Kier molecular flexibility index (Phi) is 4.19. The van der Waals surface area contributed by atoms with Gasteiger partial charge in [0.15, 0.2) is 0 Å². The summed E-state index contributed by atoms with van der Waals surface area (Å²) in [6, 6.07) is 0. The summed E-state index contributed by atoms with van der Waals surface area (Å²) in [5.41, 5.74) is 0.471. The molecule has 0 unspecified atom stereocenters. The second kappa shape index (κ2) is 4.52. The van der Waals surface area contributed by atoms with Crippen molar-refractivity contribution >= 4 is 35.3 Å². The molecule has 0 aromatic carbocycles. The van der Waals surface area contributed by atoms with Gasteiger partial charge in [0.1, 0.15) is 0 Å². The highest BCUT2D eigenvalue weighted by Gasteiger charge is 2.30. The van der Waals surface area contributed by atoms with Crippen molar-refractivity contribution in [2.45, 2.75) is 30.6 Å². The smallest absolute Gasteiger partial charge is 0.0551 e. The van der Waals surface area contributed by atoms with E-state index in [1.54, 1.807) is 0 Å². The first kappa shape index (κ1) is 11.1. The molecule has 0 nitrogen and oxygen atoms in total. The van der Waals surface area contributed by atoms with E-state index >= 15 is 0 Å². The van der Waals surface area contributed by atoms with Crippen molar-refractivity contribution in [3.05, 3.63) is 0 Å². The summed E-state index contributed by atoms with van der Waals surface area (Å²) in [5.74, 6) is 2.69. The Balaban J connectivity index is 2.36. The molecule has 1 fully saturated rings. The molecule has 0 radical (unpaired) electrons. The van der Waals surface area contributed by atoms with Crippen LogP contribution in [0.5, 0.6) is 0 Å². The standard InChI is InChI=1S/C9H18S3/c1-9(2,3)8-11-5-7(10-4)6-12-8/h7-8H,5-6H2,1-4H3. The quantitative estimate of drug-likeness (QED) is 0.666. The van der Waals surface area contributed by atoms with Crippen LogP contribution in [0.1, 0.15) is 20.8 Å². The minimum absolute atomic E-state index is 0.471. The summed E-state index contributed by atoms with van der Waals surface area (Å²) in [7, 11) is 0. The Morgan fingerprint density at radius 3 is 2.00 bits per heavy atom. The van der Waals surface area contributed by atoms with E-state index in [1.807, 2.05) is 11.8 Å². The molecule has 0 N–H and O–H groups in total. The third-order valence-corrected chi connectivity index (χ3v) is 7.36. The monoisotopic (exact) mass is 222 g/mol. The number of hydrogen-bond acceptors (Lipinski definition) is 3. The van der Waals surface area contributed by atoms with Gasteiger partial charge in [-0.2, -0.15) is 11.8 Å². The third kappa shape index (κ3) is 3.08. The maximum Gasteiger partial charge on any atom is 0.0551 e. The van der Waals surface area contributed by atoms with Gasteiger partial charge < -0.3 is 0 Å².